The van der Waals surface area contributed by atoms with Crippen molar-refractivity contribution in [2.24, 2.45) is 0 Å². The summed E-state index contributed by atoms with van der Waals surface area (Å²) in [6.07, 6.45) is 6.61. The molecule has 1 aliphatic heterocycles. The summed E-state index contributed by atoms with van der Waals surface area (Å²) in [7, 11) is -3.13. The van der Waals surface area contributed by atoms with Crippen molar-refractivity contribution in [1.29, 1.82) is 0 Å². The molecule has 0 fully saturated rings. The first-order valence-corrected chi connectivity index (χ1v) is 9.00. The summed E-state index contributed by atoms with van der Waals surface area (Å²) < 4.78 is 22.4. The van der Waals surface area contributed by atoms with E-state index in [1.807, 2.05) is 0 Å². The van der Waals surface area contributed by atoms with Crippen LogP contribution in [0.15, 0.2) is 10.3 Å². The molecule has 1 atom stereocenters. The minimum atomic E-state index is -3.13. The van der Waals surface area contributed by atoms with Gasteiger partial charge in [-0.1, -0.05) is 39.0 Å². The summed E-state index contributed by atoms with van der Waals surface area (Å²) in [6, 6.07) is 0. The van der Waals surface area contributed by atoms with E-state index in [2.05, 4.69) is 6.92 Å². The lowest BCUT2D eigenvalue weighted by Gasteiger charge is -2.06. The Labute approximate surface area is 109 Å². The zero-order valence-corrected chi connectivity index (χ0v) is 12.0. The monoisotopic (exact) mass is 278 g/mol. The van der Waals surface area contributed by atoms with Crippen LogP contribution in [0.5, 0.6) is 0 Å². The molecule has 1 heterocycles. The van der Waals surface area contributed by atoms with E-state index in [-0.39, 0.29) is 5.75 Å². The van der Waals surface area contributed by atoms with Gasteiger partial charge in [-0.15, -0.1) is 11.8 Å². The number of rotatable bonds is 8. The second-order valence-corrected chi connectivity index (χ2v) is 7.54. The van der Waals surface area contributed by atoms with Crippen molar-refractivity contribution in [3.05, 3.63) is 10.3 Å². The molecule has 1 aliphatic rings. The Morgan fingerprint density at radius 2 is 1.94 bits per heavy atom. The van der Waals surface area contributed by atoms with Crippen LogP contribution in [-0.2, 0) is 9.84 Å². The molecular formula is C12H22O3S2. The van der Waals surface area contributed by atoms with Gasteiger partial charge in [-0.05, 0) is 12.2 Å². The van der Waals surface area contributed by atoms with Crippen molar-refractivity contribution < 1.29 is 13.5 Å². The minimum Gasteiger partial charge on any atom is -0.387 e. The van der Waals surface area contributed by atoms with Crippen molar-refractivity contribution in [3.63, 3.8) is 0 Å². The molecule has 3 nitrogen and oxygen atoms in total. The van der Waals surface area contributed by atoms with Gasteiger partial charge in [0.05, 0.1) is 11.9 Å². The van der Waals surface area contributed by atoms with Gasteiger partial charge in [-0.25, -0.2) is 8.42 Å². The topological polar surface area (TPSA) is 54.4 Å². The molecule has 1 unspecified atom stereocenters. The van der Waals surface area contributed by atoms with Gasteiger partial charge >= 0.3 is 0 Å². The molecule has 0 amide bonds. The number of hydrogen-bond acceptors (Lipinski definition) is 4. The van der Waals surface area contributed by atoms with E-state index in [1.54, 1.807) is 0 Å². The van der Waals surface area contributed by atoms with E-state index in [1.165, 1.54) is 49.3 Å². The Balaban J connectivity index is 2.11. The SMILES string of the molecule is CCCCCCCCSC1=CS(=O)(=O)CC1O. The van der Waals surface area contributed by atoms with Crippen molar-refractivity contribution in [2.75, 3.05) is 11.5 Å². The summed E-state index contributed by atoms with van der Waals surface area (Å²) in [5, 5.41) is 10.8. The largest absolute Gasteiger partial charge is 0.387 e. The number of aliphatic hydroxyl groups excluding tert-OH is 1. The number of aliphatic hydroxyl groups is 1. The van der Waals surface area contributed by atoms with Crippen LogP contribution >= 0.6 is 11.8 Å². The summed E-state index contributed by atoms with van der Waals surface area (Å²) in [5.74, 6) is 0.774. The zero-order valence-electron chi connectivity index (χ0n) is 10.4. The molecule has 17 heavy (non-hydrogen) atoms. The van der Waals surface area contributed by atoms with Gasteiger partial charge < -0.3 is 5.11 Å². The van der Waals surface area contributed by atoms with Crippen LogP contribution in [-0.4, -0.2) is 31.1 Å². The third-order valence-corrected chi connectivity index (χ3v) is 5.54. The van der Waals surface area contributed by atoms with E-state index in [4.69, 9.17) is 0 Å². The normalized spacial score (nSPS) is 22.7. The zero-order chi connectivity index (χ0) is 12.7. The summed E-state index contributed by atoms with van der Waals surface area (Å²) >= 11 is 1.49. The van der Waals surface area contributed by atoms with Gasteiger partial charge in [-0.3, -0.25) is 0 Å². The highest BCUT2D eigenvalue weighted by Gasteiger charge is 2.27. The van der Waals surface area contributed by atoms with E-state index in [9.17, 15) is 13.5 Å². The molecule has 0 aromatic carbocycles. The van der Waals surface area contributed by atoms with Crippen molar-refractivity contribution in [1.82, 2.24) is 0 Å². The molecule has 0 spiro atoms. The lowest BCUT2D eigenvalue weighted by molar-refractivity contribution is 0.246. The Hall–Kier alpha value is -0.0000000000000000763. The van der Waals surface area contributed by atoms with Crippen LogP contribution in [0.1, 0.15) is 45.4 Å². The molecule has 1 rings (SSSR count). The van der Waals surface area contributed by atoms with Crippen LogP contribution < -0.4 is 0 Å². The molecule has 0 bridgehead atoms. The fourth-order valence-electron chi connectivity index (χ4n) is 1.81. The van der Waals surface area contributed by atoms with Gasteiger partial charge in [0.1, 0.15) is 0 Å². The van der Waals surface area contributed by atoms with Crippen LogP contribution in [0.2, 0.25) is 0 Å². The lowest BCUT2D eigenvalue weighted by Crippen LogP contribution is -2.12. The molecule has 5 heteroatoms. The fraction of sp³-hybridized carbons (Fsp3) is 0.833. The third-order valence-electron chi connectivity index (χ3n) is 2.78. The van der Waals surface area contributed by atoms with E-state index in [0.29, 0.717) is 4.91 Å². The fourth-order valence-corrected chi connectivity index (χ4v) is 4.71. The second-order valence-electron chi connectivity index (χ2n) is 4.48. The highest BCUT2D eigenvalue weighted by molar-refractivity contribution is 8.04. The first kappa shape index (κ1) is 15.1. The van der Waals surface area contributed by atoms with Crippen LogP contribution in [0, 0.1) is 0 Å². The maximum absolute atomic E-state index is 11.2. The van der Waals surface area contributed by atoms with Crippen molar-refractivity contribution in [3.8, 4) is 0 Å². The first-order valence-electron chi connectivity index (χ1n) is 6.30. The molecule has 100 valence electrons. The van der Waals surface area contributed by atoms with Gasteiger partial charge in [0.15, 0.2) is 9.84 Å². The second kappa shape index (κ2) is 7.44. The molecule has 0 saturated carbocycles. The van der Waals surface area contributed by atoms with E-state index < -0.39 is 15.9 Å². The van der Waals surface area contributed by atoms with Gasteiger partial charge in [0.25, 0.3) is 0 Å². The Morgan fingerprint density at radius 1 is 1.29 bits per heavy atom. The number of hydrogen-bond donors (Lipinski definition) is 1. The molecule has 0 radical (unpaired) electrons. The van der Waals surface area contributed by atoms with Crippen molar-refractivity contribution in [2.45, 2.75) is 51.6 Å². The minimum absolute atomic E-state index is 0.133. The van der Waals surface area contributed by atoms with E-state index >= 15 is 0 Å². The van der Waals surface area contributed by atoms with Crippen LogP contribution in [0.3, 0.4) is 0 Å². The van der Waals surface area contributed by atoms with Gasteiger partial charge in [-0.2, -0.15) is 0 Å². The molecule has 0 aromatic rings. The Kier molecular flexibility index (Phi) is 6.59. The quantitative estimate of drug-likeness (QED) is 0.694. The number of thioether (sulfide) groups is 1. The number of sulfone groups is 1. The smallest absolute Gasteiger partial charge is 0.175 e. The molecular weight excluding hydrogens is 256 g/mol. The predicted octanol–water partition coefficient (Wildman–Crippen LogP) is 2.71. The predicted molar refractivity (Wildman–Crippen MR) is 73.7 cm³/mol. The average molecular weight is 278 g/mol. The standard InChI is InChI=1S/C12H22O3S2/c1-2-3-4-5-6-7-8-16-12-10-17(14,15)9-11(12)13/h10-11,13H,2-9H2,1H3. The Bertz CT molecular complexity index is 347. The van der Waals surface area contributed by atoms with Gasteiger partial charge in [0.2, 0.25) is 0 Å². The summed E-state index contributed by atoms with van der Waals surface area (Å²) in [5.41, 5.74) is 0. The molecule has 1 N–H and O–H groups in total. The highest BCUT2D eigenvalue weighted by atomic mass is 32.2. The lowest BCUT2D eigenvalue weighted by atomic mass is 10.1. The number of unbranched alkanes of at least 4 members (excludes halogenated alkanes) is 5. The summed E-state index contributed by atoms with van der Waals surface area (Å²) in [4.78, 5) is 0.624. The van der Waals surface area contributed by atoms with E-state index in [0.717, 1.165) is 12.2 Å². The average Bonchev–Trinajstić information content (AvgIpc) is 2.51. The Morgan fingerprint density at radius 3 is 2.53 bits per heavy atom. The van der Waals surface area contributed by atoms with Crippen LogP contribution in [0.25, 0.3) is 0 Å². The summed E-state index contributed by atoms with van der Waals surface area (Å²) in [6.45, 7) is 2.20. The van der Waals surface area contributed by atoms with Crippen LogP contribution in [0.4, 0.5) is 0 Å². The third kappa shape index (κ3) is 5.93. The molecule has 0 saturated heterocycles. The van der Waals surface area contributed by atoms with Crippen molar-refractivity contribution >= 4 is 21.6 Å². The first-order chi connectivity index (χ1) is 8.05. The highest BCUT2D eigenvalue weighted by Crippen LogP contribution is 2.28. The maximum Gasteiger partial charge on any atom is 0.175 e. The molecule has 0 aliphatic carbocycles. The van der Waals surface area contributed by atoms with Gasteiger partial charge in [0, 0.05) is 10.3 Å². The maximum atomic E-state index is 11.2. The molecule has 0 aromatic heterocycles.